The van der Waals surface area contributed by atoms with E-state index in [9.17, 15) is 14.4 Å². The Morgan fingerprint density at radius 2 is 1.54 bits per heavy atom. The van der Waals surface area contributed by atoms with Crippen molar-refractivity contribution in [1.82, 2.24) is 4.90 Å². The molecule has 0 bridgehead atoms. The van der Waals surface area contributed by atoms with Gasteiger partial charge in [0.15, 0.2) is 6.29 Å². The smallest absolute Gasteiger partial charge is 0.422 e. The molecule has 5 nitrogen and oxygen atoms in total. The normalized spacial score (nSPS) is 15.9. The minimum absolute atomic E-state index is 0.158. The van der Waals surface area contributed by atoms with E-state index in [1.807, 2.05) is 36.4 Å². The van der Waals surface area contributed by atoms with Gasteiger partial charge in [-0.05, 0) is 38.0 Å². The van der Waals surface area contributed by atoms with Crippen molar-refractivity contribution in [2.45, 2.75) is 26.4 Å². The van der Waals surface area contributed by atoms with Crippen LogP contribution in [0.25, 0.3) is 11.8 Å². The highest BCUT2D eigenvalue weighted by Gasteiger charge is 2.41. The lowest BCUT2D eigenvalue weighted by atomic mass is 10.0. The summed E-state index contributed by atoms with van der Waals surface area (Å²) in [5.74, 6) is -0.584. The molecule has 0 N–H and O–H groups in total. The van der Waals surface area contributed by atoms with E-state index in [1.54, 1.807) is 51.1 Å². The predicted octanol–water partition coefficient (Wildman–Crippen LogP) is 4.46. The van der Waals surface area contributed by atoms with Gasteiger partial charge in [-0.1, -0.05) is 60.7 Å². The molecule has 28 heavy (non-hydrogen) atoms. The molecule has 0 radical (unpaired) electrons. The van der Waals surface area contributed by atoms with Crippen molar-refractivity contribution in [3.63, 3.8) is 0 Å². The monoisotopic (exact) mass is 375 g/mol. The van der Waals surface area contributed by atoms with Crippen LogP contribution in [-0.2, 0) is 14.3 Å². The van der Waals surface area contributed by atoms with Gasteiger partial charge >= 0.3 is 6.09 Å². The van der Waals surface area contributed by atoms with E-state index in [4.69, 9.17) is 4.74 Å². The van der Waals surface area contributed by atoms with Crippen LogP contribution in [0.3, 0.4) is 0 Å². The highest BCUT2D eigenvalue weighted by atomic mass is 16.6. The first-order valence-electron chi connectivity index (χ1n) is 8.91. The third-order valence-corrected chi connectivity index (χ3v) is 4.05. The summed E-state index contributed by atoms with van der Waals surface area (Å²) in [5, 5.41) is 0. The lowest BCUT2D eigenvalue weighted by Crippen LogP contribution is -2.37. The Labute approximate surface area is 163 Å². The molecule has 2 aromatic carbocycles. The number of rotatable bonds is 3. The summed E-state index contributed by atoms with van der Waals surface area (Å²) in [6.07, 6.45) is 1.41. The number of aldehydes is 1. The number of amides is 2. The topological polar surface area (TPSA) is 63.7 Å². The van der Waals surface area contributed by atoms with E-state index in [-0.39, 0.29) is 16.8 Å². The molecule has 1 heterocycles. The van der Waals surface area contributed by atoms with E-state index in [1.165, 1.54) is 0 Å². The number of carbonyl (C=O) groups is 3. The number of carbonyl (C=O) groups excluding carboxylic acids is 3. The minimum Gasteiger partial charge on any atom is -0.443 e. The Balaban J connectivity index is 2.18. The van der Waals surface area contributed by atoms with Crippen molar-refractivity contribution < 1.29 is 19.1 Å². The van der Waals surface area contributed by atoms with Gasteiger partial charge < -0.3 is 4.74 Å². The fourth-order valence-corrected chi connectivity index (χ4v) is 2.92. The molecule has 0 aromatic heterocycles. The van der Waals surface area contributed by atoms with E-state index in [0.29, 0.717) is 11.8 Å². The maximum Gasteiger partial charge on any atom is 0.422 e. The van der Waals surface area contributed by atoms with Crippen molar-refractivity contribution in [2.24, 2.45) is 0 Å². The fourth-order valence-electron chi connectivity index (χ4n) is 2.92. The van der Waals surface area contributed by atoms with Gasteiger partial charge in [-0.25, -0.2) is 9.69 Å². The largest absolute Gasteiger partial charge is 0.443 e. The van der Waals surface area contributed by atoms with Crippen molar-refractivity contribution in [1.29, 1.82) is 0 Å². The van der Waals surface area contributed by atoms with Crippen LogP contribution >= 0.6 is 0 Å². The van der Waals surface area contributed by atoms with Crippen LogP contribution < -0.4 is 0 Å². The molecule has 1 aliphatic heterocycles. The Hall–Kier alpha value is -3.47. The molecule has 2 amide bonds. The number of imide groups is 1. The third-order valence-electron chi connectivity index (χ3n) is 4.05. The Morgan fingerprint density at radius 1 is 0.964 bits per heavy atom. The van der Waals surface area contributed by atoms with Gasteiger partial charge in [-0.3, -0.25) is 9.59 Å². The van der Waals surface area contributed by atoms with Gasteiger partial charge in [-0.15, -0.1) is 0 Å². The van der Waals surface area contributed by atoms with Gasteiger partial charge in [0, 0.05) is 0 Å². The zero-order valence-electron chi connectivity index (χ0n) is 16.0. The maximum absolute atomic E-state index is 13.1. The standard InChI is InChI=1S/C23H21NO4/c1-23(2,3)28-22(27)24-20(17-12-8-5-9-13-17)19(15-25)18(21(24)26)14-16-10-6-4-7-11-16/h4-15H,1-3H3/b18-14-. The average molecular weight is 375 g/mol. The van der Waals surface area contributed by atoms with Crippen molar-refractivity contribution in [2.75, 3.05) is 0 Å². The first-order chi connectivity index (χ1) is 13.3. The minimum atomic E-state index is -0.813. The number of hydrogen-bond donors (Lipinski definition) is 0. The Bertz CT molecular complexity index is 967. The highest BCUT2D eigenvalue weighted by Crippen LogP contribution is 2.37. The number of hydrogen-bond acceptors (Lipinski definition) is 4. The summed E-state index contributed by atoms with van der Waals surface area (Å²) in [4.78, 5) is 38.9. The van der Waals surface area contributed by atoms with Gasteiger partial charge in [0.05, 0.1) is 16.8 Å². The molecule has 2 aromatic rings. The molecule has 5 heteroatoms. The molecule has 0 unspecified atom stereocenters. The molecular weight excluding hydrogens is 354 g/mol. The van der Waals surface area contributed by atoms with Crippen LogP contribution in [0.5, 0.6) is 0 Å². The average Bonchev–Trinajstić information content (AvgIpc) is 2.94. The Kier molecular flexibility index (Phi) is 5.27. The van der Waals surface area contributed by atoms with Gasteiger partial charge in [0.25, 0.3) is 5.91 Å². The van der Waals surface area contributed by atoms with Crippen molar-refractivity contribution >= 4 is 30.1 Å². The van der Waals surface area contributed by atoms with Gasteiger partial charge in [0.2, 0.25) is 0 Å². The van der Waals surface area contributed by atoms with Gasteiger partial charge in [0.1, 0.15) is 5.60 Å². The summed E-state index contributed by atoms with van der Waals surface area (Å²) < 4.78 is 5.42. The molecule has 0 aliphatic carbocycles. The molecule has 1 aliphatic rings. The molecule has 142 valence electrons. The van der Waals surface area contributed by atoms with Crippen molar-refractivity contribution in [3.8, 4) is 0 Å². The maximum atomic E-state index is 13.1. The molecule has 0 atom stereocenters. The zero-order chi connectivity index (χ0) is 20.3. The summed E-state index contributed by atoms with van der Waals surface area (Å²) in [7, 11) is 0. The van der Waals surface area contributed by atoms with E-state index < -0.39 is 17.6 Å². The van der Waals surface area contributed by atoms with Crippen LogP contribution in [0.15, 0.2) is 71.8 Å². The van der Waals surface area contributed by atoms with E-state index >= 15 is 0 Å². The van der Waals surface area contributed by atoms with Crippen LogP contribution in [-0.4, -0.2) is 28.8 Å². The molecule has 0 saturated carbocycles. The lowest BCUT2D eigenvalue weighted by Gasteiger charge is -2.25. The lowest BCUT2D eigenvalue weighted by molar-refractivity contribution is -0.122. The number of ether oxygens (including phenoxy) is 1. The summed E-state index contributed by atoms with van der Waals surface area (Å²) >= 11 is 0. The third kappa shape index (κ3) is 3.93. The van der Waals surface area contributed by atoms with Gasteiger partial charge in [-0.2, -0.15) is 0 Å². The molecule has 0 fully saturated rings. The second-order valence-corrected chi connectivity index (χ2v) is 7.34. The van der Waals surface area contributed by atoms with Crippen LogP contribution in [0.1, 0.15) is 31.9 Å². The summed E-state index contributed by atoms with van der Waals surface area (Å²) in [6, 6.07) is 18.0. The second-order valence-electron chi connectivity index (χ2n) is 7.34. The Morgan fingerprint density at radius 3 is 2.07 bits per heavy atom. The van der Waals surface area contributed by atoms with E-state index in [0.717, 1.165) is 10.5 Å². The number of benzene rings is 2. The molecule has 0 spiro atoms. The zero-order valence-corrected chi connectivity index (χ0v) is 16.0. The molecular formula is C23H21NO4. The first-order valence-corrected chi connectivity index (χ1v) is 8.91. The van der Waals surface area contributed by atoms with E-state index in [2.05, 4.69) is 0 Å². The quantitative estimate of drug-likeness (QED) is 0.587. The van der Waals surface area contributed by atoms with Crippen molar-refractivity contribution in [3.05, 3.63) is 82.9 Å². The predicted molar refractivity (Wildman–Crippen MR) is 107 cm³/mol. The summed E-state index contributed by atoms with van der Waals surface area (Å²) in [6.45, 7) is 5.16. The SMILES string of the molecule is CC(C)(C)OC(=O)N1C(=O)/C(=C\c2ccccc2)C(C=O)=C1c1ccccc1. The van der Waals surface area contributed by atoms with Crippen LogP contribution in [0, 0.1) is 0 Å². The molecule has 0 saturated heterocycles. The van der Waals surface area contributed by atoms with Crippen LogP contribution in [0.4, 0.5) is 4.79 Å². The highest BCUT2D eigenvalue weighted by molar-refractivity contribution is 6.25. The number of nitrogens with zero attached hydrogens (tertiary/aromatic N) is 1. The summed E-state index contributed by atoms with van der Waals surface area (Å²) in [5.41, 5.74) is 1.10. The second kappa shape index (κ2) is 7.64. The first kappa shape index (κ1) is 19.3. The fraction of sp³-hybridized carbons (Fsp3) is 0.174. The van der Waals surface area contributed by atoms with Crippen LogP contribution in [0.2, 0.25) is 0 Å². The molecule has 3 rings (SSSR count).